The molecule has 0 radical (unpaired) electrons. The van der Waals surface area contributed by atoms with Gasteiger partial charge in [-0.3, -0.25) is 29.2 Å². The predicted octanol–water partition coefficient (Wildman–Crippen LogP) is -3.91. The number of nitrogens with zero attached hydrogens (tertiary/aromatic N) is 2. The average molecular weight is 545 g/mol. The van der Waals surface area contributed by atoms with Gasteiger partial charge in [0.2, 0.25) is 17.7 Å². The highest BCUT2D eigenvalue weighted by molar-refractivity contribution is 5.94. The first kappa shape index (κ1) is 33.8. The summed E-state index contributed by atoms with van der Waals surface area (Å²) in [4.78, 5) is 68.4. The topological polar surface area (TPSA) is 317 Å². The third kappa shape index (κ3) is 14.4. The van der Waals surface area contributed by atoms with E-state index in [2.05, 4.69) is 25.9 Å². The van der Waals surface area contributed by atoms with Gasteiger partial charge in [-0.1, -0.05) is 13.8 Å². The maximum Gasteiger partial charge on any atom is 0.326 e. The Morgan fingerprint density at radius 1 is 0.737 bits per heavy atom. The van der Waals surface area contributed by atoms with E-state index >= 15 is 0 Å². The molecule has 216 valence electrons. The number of aliphatic carboxylic acids is 2. The van der Waals surface area contributed by atoms with Crippen molar-refractivity contribution in [1.82, 2.24) is 16.0 Å². The van der Waals surface area contributed by atoms with Crippen LogP contribution in [-0.2, 0) is 24.0 Å². The Bertz CT molecular complexity index is 886. The number of hydrogen-bond acceptors (Lipinski definition) is 8. The molecule has 3 amide bonds. The third-order valence-electron chi connectivity index (χ3n) is 5.12. The number of guanidine groups is 2. The second-order valence-corrected chi connectivity index (χ2v) is 8.79. The van der Waals surface area contributed by atoms with Crippen molar-refractivity contribution in [3.63, 3.8) is 0 Å². The van der Waals surface area contributed by atoms with E-state index in [4.69, 9.17) is 33.8 Å². The maximum atomic E-state index is 13.1. The lowest BCUT2D eigenvalue weighted by molar-refractivity contribution is -0.147. The Kier molecular flexibility index (Phi) is 15.4. The van der Waals surface area contributed by atoms with E-state index in [1.807, 2.05) is 0 Å². The van der Waals surface area contributed by atoms with Crippen molar-refractivity contribution in [3.05, 3.63) is 0 Å². The molecule has 0 aromatic carbocycles. The molecule has 17 nitrogen and oxygen atoms in total. The smallest absolute Gasteiger partial charge is 0.326 e. The maximum absolute atomic E-state index is 13.1. The molecule has 0 saturated carbocycles. The van der Waals surface area contributed by atoms with Crippen molar-refractivity contribution >= 4 is 41.6 Å². The molecule has 0 aliphatic heterocycles. The van der Waals surface area contributed by atoms with Crippen LogP contribution in [0.4, 0.5) is 0 Å². The van der Waals surface area contributed by atoms with Crippen molar-refractivity contribution in [2.45, 2.75) is 70.1 Å². The summed E-state index contributed by atoms with van der Waals surface area (Å²) in [6, 6.07) is -5.05. The number of amides is 3. The van der Waals surface area contributed by atoms with Gasteiger partial charge in [-0.2, -0.15) is 0 Å². The number of carboxylic acid groups (broad SMARTS) is 2. The molecule has 4 unspecified atom stereocenters. The second kappa shape index (κ2) is 17.3. The fourth-order valence-corrected chi connectivity index (χ4v) is 3.13. The first-order valence-corrected chi connectivity index (χ1v) is 11.9. The summed E-state index contributed by atoms with van der Waals surface area (Å²) in [5, 5.41) is 25.3. The summed E-state index contributed by atoms with van der Waals surface area (Å²) < 4.78 is 0. The molecule has 0 aromatic heterocycles. The van der Waals surface area contributed by atoms with E-state index in [0.29, 0.717) is 6.42 Å². The fourth-order valence-electron chi connectivity index (χ4n) is 3.13. The standard InChI is InChI=1S/C21H40N10O7/c1-10(2)15(31-16(34)11(22)5-3-7-27-20(23)24)18(36)29-12(6-4-8-28-21(25)26)17(35)30-13(19(37)38)9-14(32)33/h10-13,15H,3-9,22H2,1-2H3,(H,29,36)(H,30,35)(H,31,34)(H,32,33)(H,37,38)(H4,23,24,27)(H4,25,26,28). The zero-order valence-electron chi connectivity index (χ0n) is 21.6. The molecule has 38 heavy (non-hydrogen) atoms. The van der Waals surface area contributed by atoms with Crippen molar-refractivity contribution in [2.24, 2.45) is 44.6 Å². The largest absolute Gasteiger partial charge is 0.481 e. The van der Waals surface area contributed by atoms with E-state index in [9.17, 15) is 29.1 Å². The Hall–Kier alpha value is -4.15. The molecular weight excluding hydrogens is 504 g/mol. The normalized spacial score (nSPS) is 13.8. The fraction of sp³-hybridized carbons (Fsp3) is 0.667. The minimum atomic E-state index is -1.73. The Balaban J connectivity index is 5.49. The zero-order valence-corrected chi connectivity index (χ0v) is 21.6. The Morgan fingerprint density at radius 3 is 1.68 bits per heavy atom. The summed E-state index contributed by atoms with van der Waals surface area (Å²) in [5.41, 5.74) is 27.0. The van der Waals surface area contributed by atoms with E-state index in [0.717, 1.165) is 0 Å². The summed E-state index contributed by atoms with van der Waals surface area (Å²) in [6.07, 6.45) is -0.0141. The molecule has 0 saturated heterocycles. The number of hydrogen-bond donors (Lipinski definition) is 10. The number of nitrogens with one attached hydrogen (secondary N) is 3. The molecule has 0 aromatic rings. The van der Waals surface area contributed by atoms with E-state index < -0.39 is 66.2 Å². The Labute approximate surface area is 220 Å². The number of rotatable bonds is 18. The molecule has 17 heteroatoms. The van der Waals surface area contributed by atoms with E-state index in [1.54, 1.807) is 13.8 Å². The molecule has 0 bridgehead atoms. The molecule has 0 fully saturated rings. The van der Waals surface area contributed by atoms with Crippen LogP contribution in [0.1, 0.15) is 46.0 Å². The van der Waals surface area contributed by atoms with Crippen molar-refractivity contribution in [3.8, 4) is 0 Å². The lowest BCUT2D eigenvalue weighted by atomic mass is 10.0. The van der Waals surface area contributed by atoms with Crippen LogP contribution in [0.25, 0.3) is 0 Å². The molecular formula is C21H40N10O7. The predicted molar refractivity (Wildman–Crippen MR) is 138 cm³/mol. The van der Waals surface area contributed by atoms with Crippen LogP contribution in [0.5, 0.6) is 0 Å². The lowest BCUT2D eigenvalue weighted by Crippen LogP contribution is -2.58. The summed E-state index contributed by atoms with van der Waals surface area (Å²) in [6.45, 7) is 3.71. The highest BCUT2D eigenvalue weighted by atomic mass is 16.4. The Morgan fingerprint density at radius 2 is 1.24 bits per heavy atom. The summed E-state index contributed by atoms with van der Waals surface area (Å²) in [7, 11) is 0. The van der Waals surface area contributed by atoms with Gasteiger partial charge in [0.25, 0.3) is 0 Å². The van der Waals surface area contributed by atoms with Crippen LogP contribution in [-0.4, -0.2) is 89.0 Å². The summed E-state index contributed by atoms with van der Waals surface area (Å²) in [5.74, 6) is -5.96. The first-order chi connectivity index (χ1) is 17.6. The van der Waals surface area contributed by atoms with Crippen molar-refractivity contribution in [2.75, 3.05) is 13.1 Å². The van der Waals surface area contributed by atoms with Gasteiger partial charge < -0.3 is 54.8 Å². The molecule has 15 N–H and O–H groups in total. The molecule has 0 heterocycles. The minimum absolute atomic E-state index is 0.0170. The molecule has 0 spiro atoms. The minimum Gasteiger partial charge on any atom is -0.481 e. The molecule has 0 aliphatic carbocycles. The lowest BCUT2D eigenvalue weighted by Gasteiger charge is -2.27. The summed E-state index contributed by atoms with van der Waals surface area (Å²) >= 11 is 0. The van der Waals surface area contributed by atoms with Gasteiger partial charge in [0.05, 0.1) is 12.5 Å². The van der Waals surface area contributed by atoms with Gasteiger partial charge in [-0.25, -0.2) is 4.79 Å². The van der Waals surface area contributed by atoms with Crippen LogP contribution in [0.2, 0.25) is 0 Å². The van der Waals surface area contributed by atoms with Gasteiger partial charge >= 0.3 is 11.9 Å². The van der Waals surface area contributed by atoms with Crippen LogP contribution in [0, 0.1) is 5.92 Å². The highest BCUT2D eigenvalue weighted by Gasteiger charge is 2.32. The molecule has 0 aliphatic rings. The second-order valence-electron chi connectivity index (χ2n) is 8.79. The van der Waals surface area contributed by atoms with Gasteiger partial charge in [0, 0.05) is 13.1 Å². The van der Waals surface area contributed by atoms with Crippen LogP contribution < -0.4 is 44.6 Å². The number of carbonyl (C=O) groups is 5. The molecule has 0 rings (SSSR count). The van der Waals surface area contributed by atoms with Crippen molar-refractivity contribution < 1.29 is 34.2 Å². The monoisotopic (exact) mass is 544 g/mol. The SMILES string of the molecule is CC(C)C(NC(=O)C(N)CCCN=C(N)N)C(=O)NC(CCCN=C(N)N)C(=O)NC(CC(=O)O)C(=O)O. The number of aliphatic imine (C=N–C) groups is 2. The number of nitrogens with two attached hydrogens (primary N) is 5. The third-order valence-corrected chi connectivity index (χ3v) is 5.12. The zero-order chi connectivity index (χ0) is 29.4. The first-order valence-electron chi connectivity index (χ1n) is 11.9. The quantitative estimate of drug-likeness (QED) is 0.0449. The van der Waals surface area contributed by atoms with Gasteiger partial charge in [0.15, 0.2) is 11.9 Å². The molecule has 4 atom stereocenters. The van der Waals surface area contributed by atoms with Crippen LogP contribution in [0.15, 0.2) is 9.98 Å². The van der Waals surface area contributed by atoms with Gasteiger partial charge in [-0.15, -0.1) is 0 Å². The van der Waals surface area contributed by atoms with Crippen molar-refractivity contribution in [1.29, 1.82) is 0 Å². The van der Waals surface area contributed by atoms with Gasteiger partial charge in [-0.05, 0) is 31.6 Å². The number of carboxylic acids is 2. The van der Waals surface area contributed by atoms with Gasteiger partial charge in [0.1, 0.15) is 18.1 Å². The average Bonchev–Trinajstić information content (AvgIpc) is 2.80. The number of carbonyl (C=O) groups excluding carboxylic acids is 3. The highest BCUT2D eigenvalue weighted by Crippen LogP contribution is 2.07. The van der Waals surface area contributed by atoms with E-state index in [1.165, 1.54) is 0 Å². The van der Waals surface area contributed by atoms with Crippen LogP contribution in [0.3, 0.4) is 0 Å². The van der Waals surface area contributed by atoms with E-state index in [-0.39, 0.29) is 44.3 Å². The van der Waals surface area contributed by atoms with Crippen LogP contribution >= 0.6 is 0 Å².